The summed E-state index contributed by atoms with van der Waals surface area (Å²) in [6.45, 7) is 0.278. The second-order valence-corrected chi connectivity index (χ2v) is 1.03. The minimum atomic E-state index is 0.111. The molecule has 0 aliphatic heterocycles. The largest absolute Gasteiger partial charge is 0.413 e. The van der Waals surface area contributed by atoms with E-state index < -0.39 is 0 Å². The minimum Gasteiger partial charge on any atom is -0.413 e. The average molecular weight is 113 g/mol. The molecule has 0 aliphatic carbocycles. The highest BCUT2D eigenvalue weighted by atomic mass is 16.6. The fourth-order valence-corrected chi connectivity index (χ4v) is 0.310. The van der Waals surface area contributed by atoms with Gasteiger partial charge in [0.15, 0.2) is 6.39 Å². The minimum absolute atomic E-state index is 0.111. The van der Waals surface area contributed by atoms with E-state index in [-0.39, 0.29) is 12.4 Å². The molecule has 0 bridgehead atoms. The lowest BCUT2D eigenvalue weighted by molar-refractivity contribution is -0.121. The highest BCUT2D eigenvalue weighted by Crippen LogP contribution is 2.04. The molecule has 0 saturated heterocycles. The molecule has 4 nitrogen and oxygen atoms in total. The van der Waals surface area contributed by atoms with E-state index in [4.69, 9.17) is 0 Å². The van der Waals surface area contributed by atoms with Gasteiger partial charge in [0.25, 0.3) is 0 Å². The summed E-state index contributed by atoms with van der Waals surface area (Å²) in [6.07, 6.45) is 2.48. The number of carbonyl (C=O) groups is 1. The Bertz CT molecular complexity index is 158. The Kier molecular flexibility index (Phi) is 1.27. The molecule has 0 saturated carbocycles. The van der Waals surface area contributed by atoms with E-state index in [0.717, 1.165) is 0 Å². The molecule has 0 fully saturated rings. The fourth-order valence-electron chi connectivity index (χ4n) is 0.310. The molecule has 0 amide bonds. The molecule has 1 aromatic rings. The lowest BCUT2D eigenvalue weighted by Gasteiger charge is -1.82. The van der Waals surface area contributed by atoms with Crippen LogP contribution in [0.25, 0.3) is 0 Å². The summed E-state index contributed by atoms with van der Waals surface area (Å²) in [7, 11) is 0. The molecule has 4 heteroatoms. The van der Waals surface area contributed by atoms with Crippen molar-refractivity contribution in [2.24, 2.45) is 0 Å². The predicted octanol–water partition coefficient (Wildman–Crippen LogP) is 0.210. The molecule has 0 aliphatic rings. The first kappa shape index (κ1) is 4.83. The van der Waals surface area contributed by atoms with Gasteiger partial charge in [-0.05, 0) is 0 Å². The first-order valence-corrected chi connectivity index (χ1v) is 1.92. The third kappa shape index (κ3) is 0.841. The van der Waals surface area contributed by atoms with Crippen molar-refractivity contribution in [1.82, 2.24) is 4.98 Å². The van der Waals surface area contributed by atoms with Crippen LogP contribution in [0.2, 0.25) is 0 Å². The maximum absolute atomic E-state index is 9.56. The Balaban J connectivity index is 2.62. The van der Waals surface area contributed by atoms with Crippen LogP contribution in [0.4, 0.5) is 0 Å². The monoisotopic (exact) mass is 113 g/mol. The van der Waals surface area contributed by atoms with E-state index in [1.54, 1.807) is 0 Å². The van der Waals surface area contributed by atoms with Crippen LogP contribution in [-0.4, -0.2) is 11.5 Å². The van der Waals surface area contributed by atoms with Crippen molar-refractivity contribution in [1.29, 1.82) is 0 Å². The van der Waals surface area contributed by atoms with Gasteiger partial charge in [0.05, 0.1) is 0 Å². The Morgan fingerprint density at radius 3 is 3.25 bits per heavy atom. The molecule has 0 radical (unpaired) electrons. The van der Waals surface area contributed by atoms with Gasteiger partial charge in [-0.3, -0.25) is 4.79 Å². The number of rotatable bonds is 2. The van der Waals surface area contributed by atoms with Crippen LogP contribution in [0, 0.1) is 0 Å². The van der Waals surface area contributed by atoms with Crippen LogP contribution >= 0.6 is 0 Å². The fraction of sp³-hybridized carbons (Fsp3) is 0. The molecule has 1 rings (SSSR count). The second-order valence-electron chi connectivity index (χ2n) is 1.03. The van der Waals surface area contributed by atoms with Gasteiger partial charge in [-0.2, -0.15) is 0 Å². The number of ether oxygens (including phenoxy) is 1. The Hall–Kier alpha value is -1.32. The van der Waals surface area contributed by atoms with E-state index in [1.807, 2.05) is 0 Å². The van der Waals surface area contributed by atoms with Crippen LogP contribution in [0.3, 0.4) is 0 Å². The third-order valence-corrected chi connectivity index (χ3v) is 0.574. The average Bonchev–Trinajstić information content (AvgIpc) is 2.19. The van der Waals surface area contributed by atoms with Crippen molar-refractivity contribution in [3.8, 4) is 5.95 Å². The summed E-state index contributed by atoms with van der Waals surface area (Å²) in [5.74, 6) is 0.111. The molecule has 0 atom stereocenters. The molecule has 1 aromatic heterocycles. The van der Waals surface area contributed by atoms with Gasteiger partial charge in [0, 0.05) is 0 Å². The zero-order chi connectivity index (χ0) is 5.82. The SMILES string of the molecule is O=COc1cnco1. The van der Waals surface area contributed by atoms with Crippen molar-refractivity contribution in [3.63, 3.8) is 0 Å². The van der Waals surface area contributed by atoms with Crippen molar-refractivity contribution >= 4 is 6.47 Å². The molecular weight excluding hydrogens is 110 g/mol. The molecule has 1 heterocycles. The summed E-state index contributed by atoms with van der Waals surface area (Å²) in [5, 5.41) is 0. The van der Waals surface area contributed by atoms with Gasteiger partial charge in [0.1, 0.15) is 6.20 Å². The van der Waals surface area contributed by atoms with Crippen LogP contribution in [0.15, 0.2) is 17.0 Å². The number of hydrogen-bond donors (Lipinski definition) is 0. The van der Waals surface area contributed by atoms with Gasteiger partial charge >= 0.3 is 12.4 Å². The molecule has 8 heavy (non-hydrogen) atoms. The number of hydrogen-bond acceptors (Lipinski definition) is 4. The van der Waals surface area contributed by atoms with Crippen LogP contribution in [-0.2, 0) is 4.79 Å². The highest BCUT2D eigenvalue weighted by molar-refractivity contribution is 5.41. The van der Waals surface area contributed by atoms with Crippen molar-refractivity contribution < 1.29 is 13.9 Å². The second kappa shape index (κ2) is 2.11. The standard InChI is InChI=1S/C4H3NO3/c6-3-8-4-1-5-2-7-4/h1-3H. The van der Waals surface area contributed by atoms with Gasteiger partial charge in [0.2, 0.25) is 0 Å². The van der Waals surface area contributed by atoms with Crippen molar-refractivity contribution in [2.45, 2.75) is 0 Å². The van der Waals surface area contributed by atoms with Crippen LogP contribution < -0.4 is 4.74 Å². The van der Waals surface area contributed by atoms with E-state index in [2.05, 4.69) is 14.1 Å². The van der Waals surface area contributed by atoms with Gasteiger partial charge < -0.3 is 9.15 Å². The lowest BCUT2D eigenvalue weighted by atomic mass is 10.9. The summed E-state index contributed by atoms with van der Waals surface area (Å²) in [5.41, 5.74) is 0. The third-order valence-electron chi connectivity index (χ3n) is 0.574. The molecular formula is C4H3NO3. The molecule has 0 spiro atoms. The zero-order valence-corrected chi connectivity index (χ0v) is 3.90. The molecule has 0 aromatic carbocycles. The number of carbonyl (C=O) groups excluding carboxylic acids is 1. The van der Waals surface area contributed by atoms with Crippen LogP contribution in [0.5, 0.6) is 5.95 Å². The summed E-state index contributed by atoms with van der Waals surface area (Å²) in [4.78, 5) is 13.1. The number of oxazole rings is 1. The van der Waals surface area contributed by atoms with Crippen LogP contribution in [0.1, 0.15) is 0 Å². The smallest absolute Gasteiger partial charge is 0.312 e. The van der Waals surface area contributed by atoms with E-state index >= 15 is 0 Å². The van der Waals surface area contributed by atoms with Crippen molar-refractivity contribution in [2.75, 3.05) is 0 Å². The van der Waals surface area contributed by atoms with Gasteiger partial charge in [-0.1, -0.05) is 0 Å². The topological polar surface area (TPSA) is 52.3 Å². The van der Waals surface area contributed by atoms with E-state index in [0.29, 0.717) is 0 Å². The predicted molar refractivity (Wildman–Crippen MR) is 23.2 cm³/mol. The normalized spacial score (nSPS) is 8.50. The molecule has 0 N–H and O–H groups in total. The quantitative estimate of drug-likeness (QED) is 0.514. The summed E-state index contributed by atoms with van der Waals surface area (Å²) < 4.78 is 8.75. The van der Waals surface area contributed by atoms with Gasteiger partial charge in [-0.15, -0.1) is 0 Å². The molecule has 42 valence electrons. The van der Waals surface area contributed by atoms with E-state index in [1.165, 1.54) is 12.6 Å². The zero-order valence-electron chi connectivity index (χ0n) is 3.90. The number of aromatic nitrogens is 1. The van der Waals surface area contributed by atoms with Crippen molar-refractivity contribution in [3.05, 3.63) is 12.6 Å². The summed E-state index contributed by atoms with van der Waals surface area (Å²) in [6, 6.07) is 0. The maximum atomic E-state index is 9.56. The van der Waals surface area contributed by atoms with E-state index in [9.17, 15) is 4.79 Å². The molecule has 0 unspecified atom stereocenters. The first-order valence-electron chi connectivity index (χ1n) is 1.92. The Morgan fingerprint density at radius 2 is 2.75 bits per heavy atom. The number of nitrogens with zero attached hydrogens (tertiary/aromatic N) is 1. The maximum Gasteiger partial charge on any atom is 0.312 e. The Morgan fingerprint density at radius 1 is 1.88 bits per heavy atom. The first-order chi connectivity index (χ1) is 3.93. The summed E-state index contributed by atoms with van der Waals surface area (Å²) >= 11 is 0. The highest BCUT2D eigenvalue weighted by Gasteiger charge is 1.90. The lowest BCUT2D eigenvalue weighted by Crippen LogP contribution is -1.83. The Labute approximate surface area is 45.1 Å². The van der Waals surface area contributed by atoms with Gasteiger partial charge in [-0.25, -0.2) is 4.98 Å².